The quantitative estimate of drug-likeness (QED) is 0.357. The number of carbonyl (C=O) groups excluding carboxylic acids is 2. The number of nitriles is 2. The van der Waals surface area contributed by atoms with Crippen molar-refractivity contribution in [3.63, 3.8) is 0 Å². The molecule has 4 aromatic rings. The first kappa shape index (κ1) is 25.5. The van der Waals surface area contributed by atoms with Gasteiger partial charge in [0, 0.05) is 11.9 Å². The Morgan fingerprint density at radius 1 is 1.10 bits per heavy atom. The van der Waals surface area contributed by atoms with Crippen molar-refractivity contribution in [2.45, 2.75) is 25.6 Å². The molecule has 2 heterocycles. The highest BCUT2D eigenvalue weighted by atomic mass is 16.2. The van der Waals surface area contributed by atoms with E-state index < -0.39 is 12.1 Å². The molecule has 2 amide bonds. The summed E-state index contributed by atoms with van der Waals surface area (Å²) in [6.45, 7) is 1.98. The van der Waals surface area contributed by atoms with E-state index in [2.05, 4.69) is 28.1 Å². The number of anilines is 2. The maximum Gasteiger partial charge on any atom is 0.251 e. The van der Waals surface area contributed by atoms with Crippen LogP contribution >= 0.6 is 0 Å². The molecule has 1 aromatic heterocycles. The highest BCUT2D eigenvalue weighted by Crippen LogP contribution is 2.33. The molecule has 0 saturated heterocycles. The van der Waals surface area contributed by atoms with Crippen LogP contribution in [0, 0.1) is 22.7 Å². The summed E-state index contributed by atoms with van der Waals surface area (Å²) in [7, 11) is 1.68. The van der Waals surface area contributed by atoms with Crippen molar-refractivity contribution in [3.8, 4) is 17.8 Å². The number of carbonyl (C=O) groups is 2. The maximum atomic E-state index is 13.9. The van der Waals surface area contributed by atoms with Crippen molar-refractivity contribution in [2.24, 2.45) is 0 Å². The summed E-state index contributed by atoms with van der Waals surface area (Å²) in [5.41, 5.74) is 4.16. The lowest BCUT2D eigenvalue weighted by atomic mass is 10.1. The van der Waals surface area contributed by atoms with Gasteiger partial charge in [-0.1, -0.05) is 30.3 Å². The number of fused-ring (bicyclic) bond motifs is 2. The Bertz CT molecular complexity index is 1660. The van der Waals surface area contributed by atoms with Gasteiger partial charge in [-0.25, -0.2) is 4.68 Å². The van der Waals surface area contributed by atoms with Gasteiger partial charge < -0.3 is 20.9 Å². The molecule has 3 N–H and O–H groups in total. The monoisotopic (exact) mass is 518 g/mol. The van der Waals surface area contributed by atoms with Crippen molar-refractivity contribution >= 4 is 34.1 Å². The second-order valence-corrected chi connectivity index (χ2v) is 9.23. The maximum absolute atomic E-state index is 13.9. The second-order valence-electron chi connectivity index (χ2n) is 9.23. The number of rotatable bonds is 6. The Balaban J connectivity index is 1.60. The topological polar surface area (TPSA) is 139 Å². The molecule has 10 nitrogen and oxygen atoms in total. The van der Waals surface area contributed by atoms with Crippen LogP contribution in [0.3, 0.4) is 0 Å². The van der Waals surface area contributed by atoms with Gasteiger partial charge in [-0.05, 0) is 50.4 Å². The van der Waals surface area contributed by atoms with E-state index in [1.165, 1.54) is 0 Å². The van der Waals surface area contributed by atoms with Gasteiger partial charge in [-0.3, -0.25) is 9.59 Å². The van der Waals surface area contributed by atoms with Crippen molar-refractivity contribution in [1.29, 1.82) is 10.5 Å². The zero-order valence-corrected chi connectivity index (χ0v) is 21.5. The molecule has 5 rings (SSSR count). The van der Waals surface area contributed by atoms with Crippen LogP contribution in [0.1, 0.15) is 23.7 Å². The number of likely N-dealkylation sites (N-methyl/N-ethyl adjacent to an activating group) is 1. The van der Waals surface area contributed by atoms with Crippen LogP contribution in [-0.4, -0.2) is 47.3 Å². The van der Waals surface area contributed by atoms with Gasteiger partial charge in [0.15, 0.2) is 0 Å². The summed E-state index contributed by atoms with van der Waals surface area (Å²) >= 11 is 0. The van der Waals surface area contributed by atoms with Crippen molar-refractivity contribution in [1.82, 2.24) is 20.4 Å². The first-order valence-corrected chi connectivity index (χ1v) is 12.5. The van der Waals surface area contributed by atoms with Crippen molar-refractivity contribution in [2.75, 3.05) is 23.8 Å². The number of hydrogen-bond donors (Lipinski definition) is 3. The fourth-order valence-electron chi connectivity index (χ4n) is 4.63. The van der Waals surface area contributed by atoms with Gasteiger partial charge in [0.05, 0.1) is 58.1 Å². The third-order valence-corrected chi connectivity index (χ3v) is 6.84. The Kier molecular flexibility index (Phi) is 6.96. The van der Waals surface area contributed by atoms with Crippen LogP contribution in [-0.2, 0) is 16.1 Å². The van der Waals surface area contributed by atoms with E-state index >= 15 is 0 Å². The Labute approximate surface area is 225 Å². The van der Waals surface area contributed by atoms with E-state index in [1.807, 2.05) is 36.4 Å². The Morgan fingerprint density at radius 2 is 1.87 bits per heavy atom. The zero-order chi connectivity index (χ0) is 27.5. The number of hydrogen-bond acceptors (Lipinski definition) is 7. The molecule has 10 heteroatoms. The summed E-state index contributed by atoms with van der Waals surface area (Å²) in [6.07, 6.45) is 0. The summed E-state index contributed by atoms with van der Waals surface area (Å²) < 4.78 is 1.72. The van der Waals surface area contributed by atoms with E-state index in [-0.39, 0.29) is 24.9 Å². The van der Waals surface area contributed by atoms with Crippen LogP contribution in [0.25, 0.3) is 16.6 Å². The summed E-state index contributed by atoms with van der Waals surface area (Å²) in [5, 5.41) is 33.8. The minimum atomic E-state index is -0.848. The first-order valence-electron chi connectivity index (χ1n) is 12.5. The molecule has 3 aromatic carbocycles. The Morgan fingerprint density at radius 3 is 2.64 bits per heavy atom. The lowest BCUT2D eigenvalue weighted by Crippen LogP contribution is -2.54. The molecule has 1 unspecified atom stereocenters. The van der Waals surface area contributed by atoms with Crippen LogP contribution in [0.5, 0.6) is 0 Å². The number of nitrogens with one attached hydrogen (secondary N) is 3. The zero-order valence-electron chi connectivity index (χ0n) is 21.5. The van der Waals surface area contributed by atoms with E-state index in [4.69, 9.17) is 5.10 Å². The standard InChI is InChI=1S/C29H26N8O2/c1-18(32-2)28(38)34-23-16-33-22-13-19(14-30)11-12-27(22)36(29(23)39)17-24-21-8-4-6-10-26(21)37(35-24)25-9-5-3-7-20(25)15-31/h3-13,18,23,32-33H,16-17H2,1-2H3,(H,34,38)/t18?,23-/m0/s1. The average molecular weight is 519 g/mol. The molecule has 194 valence electrons. The van der Waals surface area contributed by atoms with Crippen molar-refractivity contribution in [3.05, 3.63) is 83.6 Å². The van der Waals surface area contributed by atoms with E-state index in [9.17, 15) is 20.1 Å². The number of aromatic nitrogens is 2. The van der Waals surface area contributed by atoms with Gasteiger partial charge in [-0.2, -0.15) is 15.6 Å². The largest absolute Gasteiger partial charge is 0.381 e. The fourth-order valence-corrected chi connectivity index (χ4v) is 4.63. The van der Waals surface area contributed by atoms with Crippen LogP contribution < -0.4 is 20.9 Å². The minimum Gasteiger partial charge on any atom is -0.381 e. The lowest BCUT2D eigenvalue weighted by molar-refractivity contribution is -0.128. The summed E-state index contributed by atoms with van der Waals surface area (Å²) in [6, 6.07) is 22.9. The third-order valence-electron chi connectivity index (χ3n) is 6.84. The molecule has 0 spiro atoms. The lowest BCUT2D eigenvalue weighted by Gasteiger charge is -2.25. The molecule has 1 aliphatic rings. The number of nitrogens with zero attached hydrogens (tertiary/aromatic N) is 5. The van der Waals surface area contributed by atoms with Gasteiger partial charge in [0.25, 0.3) is 5.91 Å². The number of amides is 2. The molecule has 0 bridgehead atoms. The molecule has 0 radical (unpaired) electrons. The summed E-state index contributed by atoms with van der Waals surface area (Å²) in [4.78, 5) is 28.2. The van der Waals surface area contributed by atoms with Gasteiger partial charge >= 0.3 is 0 Å². The fraction of sp³-hybridized carbons (Fsp3) is 0.207. The molecule has 1 aliphatic heterocycles. The molecule has 0 fully saturated rings. The molecule has 0 saturated carbocycles. The van der Waals surface area contributed by atoms with Crippen LogP contribution in [0.4, 0.5) is 11.4 Å². The van der Waals surface area contributed by atoms with Crippen molar-refractivity contribution < 1.29 is 9.59 Å². The second kappa shape index (κ2) is 10.7. The average Bonchev–Trinajstić information content (AvgIpc) is 3.29. The normalized spacial score (nSPS) is 15.4. The van der Waals surface area contributed by atoms with E-state index in [0.29, 0.717) is 33.9 Å². The summed E-state index contributed by atoms with van der Waals surface area (Å²) in [5.74, 6) is -0.609. The van der Waals surface area contributed by atoms with Crippen LogP contribution in [0.15, 0.2) is 66.7 Å². The van der Waals surface area contributed by atoms with Gasteiger partial charge in [-0.15, -0.1) is 0 Å². The third kappa shape index (κ3) is 4.77. The molecule has 2 atom stereocenters. The minimum absolute atomic E-state index is 0.107. The predicted octanol–water partition coefficient (Wildman–Crippen LogP) is 2.82. The van der Waals surface area contributed by atoms with Crippen LogP contribution in [0.2, 0.25) is 0 Å². The van der Waals surface area contributed by atoms with Gasteiger partial charge in [0.2, 0.25) is 5.91 Å². The molecule has 39 heavy (non-hydrogen) atoms. The predicted molar refractivity (Wildman–Crippen MR) is 147 cm³/mol. The molecular weight excluding hydrogens is 492 g/mol. The number of para-hydroxylation sites is 2. The highest BCUT2D eigenvalue weighted by molar-refractivity contribution is 6.04. The smallest absolute Gasteiger partial charge is 0.251 e. The molecular formula is C29H26N8O2. The van der Waals surface area contributed by atoms with E-state index in [1.54, 1.807) is 53.9 Å². The SMILES string of the molecule is CNC(C)C(=O)N[C@H]1CNc2cc(C#N)ccc2N(Cc2nn(-c3ccccc3C#N)c3ccccc23)C1=O. The van der Waals surface area contributed by atoms with E-state index in [0.717, 1.165) is 10.9 Å². The molecule has 0 aliphatic carbocycles. The first-order chi connectivity index (χ1) is 18.9. The highest BCUT2D eigenvalue weighted by Gasteiger charge is 2.33. The van der Waals surface area contributed by atoms with Gasteiger partial charge in [0.1, 0.15) is 12.1 Å². The number of benzene rings is 3. The Hall–Kier alpha value is -5.19.